The van der Waals surface area contributed by atoms with E-state index in [9.17, 15) is 0 Å². The smallest absolute Gasteiger partial charge is 0.189 e. The molecule has 1 fully saturated rings. The molecule has 0 radical (unpaired) electrons. The Balaban J connectivity index is 2.69. The molecule has 1 aliphatic rings. The monoisotopic (exact) mass is 156 g/mol. The van der Waals surface area contributed by atoms with E-state index in [2.05, 4.69) is 6.58 Å². The maximum Gasteiger partial charge on any atom is 0.189 e. The van der Waals surface area contributed by atoms with Crippen molar-refractivity contribution < 1.29 is 9.47 Å². The lowest BCUT2D eigenvalue weighted by Crippen LogP contribution is -2.37. The highest BCUT2D eigenvalue weighted by Gasteiger charge is 2.34. The van der Waals surface area contributed by atoms with E-state index in [1.165, 1.54) is 12.8 Å². The first-order valence-corrected chi connectivity index (χ1v) is 4.04. The van der Waals surface area contributed by atoms with Crippen LogP contribution in [0.3, 0.4) is 0 Å². The van der Waals surface area contributed by atoms with Crippen molar-refractivity contribution in [1.82, 2.24) is 0 Å². The maximum absolute atomic E-state index is 5.32. The molecule has 0 spiro atoms. The van der Waals surface area contributed by atoms with Crippen LogP contribution in [0.1, 0.15) is 25.7 Å². The second-order valence-corrected chi connectivity index (χ2v) is 2.97. The van der Waals surface area contributed by atoms with Crippen LogP contribution in [-0.2, 0) is 9.47 Å². The second-order valence-electron chi connectivity index (χ2n) is 2.97. The van der Waals surface area contributed by atoms with Gasteiger partial charge < -0.3 is 9.47 Å². The zero-order chi connectivity index (χ0) is 8.32. The predicted molar refractivity (Wildman–Crippen MR) is 44.4 cm³/mol. The van der Waals surface area contributed by atoms with E-state index in [1.54, 1.807) is 14.2 Å². The van der Waals surface area contributed by atoms with Gasteiger partial charge in [0, 0.05) is 20.6 Å². The first-order valence-electron chi connectivity index (χ1n) is 4.04. The van der Waals surface area contributed by atoms with Crippen LogP contribution in [0, 0.1) is 0 Å². The van der Waals surface area contributed by atoms with Crippen molar-refractivity contribution in [2.45, 2.75) is 31.5 Å². The minimum Gasteiger partial charge on any atom is -0.349 e. The molecule has 1 rings (SSSR count). The number of methoxy groups -OCH3 is 2. The van der Waals surface area contributed by atoms with E-state index in [0.717, 1.165) is 18.4 Å². The molecular formula is C9H16O2. The molecule has 64 valence electrons. The average Bonchev–Trinajstić information content (AvgIpc) is 2.06. The van der Waals surface area contributed by atoms with Crippen molar-refractivity contribution in [3.05, 3.63) is 12.2 Å². The summed E-state index contributed by atoms with van der Waals surface area (Å²) in [4.78, 5) is 0. The highest BCUT2D eigenvalue weighted by atomic mass is 16.7. The summed E-state index contributed by atoms with van der Waals surface area (Å²) in [5.74, 6) is -0.474. The minimum absolute atomic E-state index is 0.474. The fraction of sp³-hybridized carbons (Fsp3) is 0.778. The zero-order valence-corrected chi connectivity index (χ0v) is 7.35. The zero-order valence-electron chi connectivity index (χ0n) is 7.35. The lowest BCUT2D eigenvalue weighted by atomic mass is 9.90. The summed E-state index contributed by atoms with van der Waals surface area (Å²) in [7, 11) is 3.36. The normalized spacial score (nSPS) is 23.6. The van der Waals surface area contributed by atoms with Gasteiger partial charge in [-0.1, -0.05) is 6.58 Å². The lowest BCUT2D eigenvalue weighted by Gasteiger charge is -2.36. The summed E-state index contributed by atoms with van der Waals surface area (Å²) in [6, 6.07) is 0. The Hall–Kier alpha value is -0.340. The van der Waals surface area contributed by atoms with E-state index in [0.29, 0.717) is 0 Å². The molecule has 0 unspecified atom stereocenters. The summed E-state index contributed by atoms with van der Waals surface area (Å²) < 4.78 is 10.6. The molecule has 0 saturated heterocycles. The third-order valence-electron chi connectivity index (χ3n) is 2.43. The van der Waals surface area contributed by atoms with Crippen LogP contribution in [0.4, 0.5) is 0 Å². The van der Waals surface area contributed by atoms with Crippen LogP contribution in [0.25, 0.3) is 0 Å². The summed E-state index contributed by atoms with van der Waals surface area (Å²) in [6.45, 7) is 3.96. The molecule has 0 atom stereocenters. The SMILES string of the molecule is C=C1CCCCC1(OC)OC. The van der Waals surface area contributed by atoms with E-state index in [-0.39, 0.29) is 0 Å². The van der Waals surface area contributed by atoms with Crippen molar-refractivity contribution >= 4 is 0 Å². The van der Waals surface area contributed by atoms with Gasteiger partial charge in [-0.3, -0.25) is 0 Å². The molecule has 0 bridgehead atoms. The first-order chi connectivity index (χ1) is 5.25. The van der Waals surface area contributed by atoms with Gasteiger partial charge in [-0.05, 0) is 24.8 Å². The van der Waals surface area contributed by atoms with Crippen LogP contribution in [-0.4, -0.2) is 20.0 Å². The molecule has 0 amide bonds. The number of hydrogen-bond acceptors (Lipinski definition) is 2. The van der Waals surface area contributed by atoms with E-state index in [1.807, 2.05) is 0 Å². The Kier molecular flexibility index (Phi) is 2.68. The fourth-order valence-electron chi connectivity index (χ4n) is 1.64. The van der Waals surface area contributed by atoms with Crippen LogP contribution < -0.4 is 0 Å². The van der Waals surface area contributed by atoms with Gasteiger partial charge in [-0.15, -0.1) is 0 Å². The Morgan fingerprint density at radius 2 is 1.91 bits per heavy atom. The van der Waals surface area contributed by atoms with Gasteiger partial charge in [0.2, 0.25) is 0 Å². The van der Waals surface area contributed by atoms with Crippen molar-refractivity contribution in [3.63, 3.8) is 0 Å². The van der Waals surface area contributed by atoms with E-state index < -0.39 is 5.79 Å². The van der Waals surface area contributed by atoms with Crippen molar-refractivity contribution in [3.8, 4) is 0 Å². The quantitative estimate of drug-likeness (QED) is 0.450. The number of hydrogen-bond donors (Lipinski definition) is 0. The van der Waals surface area contributed by atoms with Crippen LogP contribution in [0.15, 0.2) is 12.2 Å². The second kappa shape index (κ2) is 3.37. The van der Waals surface area contributed by atoms with Gasteiger partial charge in [0.1, 0.15) is 0 Å². The molecule has 2 heteroatoms. The van der Waals surface area contributed by atoms with Gasteiger partial charge in [0.15, 0.2) is 5.79 Å². The molecule has 0 aromatic carbocycles. The molecule has 1 aliphatic carbocycles. The highest BCUT2D eigenvalue weighted by molar-refractivity contribution is 5.10. The van der Waals surface area contributed by atoms with Gasteiger partial charge in [-0.25, -0.2) is 0 Å². The van der Waals surface area contributed by atoms with Gasteiger partial charge >= 0.3 is 0 Å². The summed E-state index contributed by atoms with van der Waals surface area (Å²) in [5.41, 5.74) is 1.08. The van der Waals surface area contributed by atoms with Gasteiger partial charge in [0.25, 0.3) is 0 Å². The largest absolute Gasteiger partial charge is 0.349 e. The van der Waals surface area contributed by atoms with Gasteiger partial charge in [-0.2, -0.15) is 0 Å². The van der Waals surface area contributed by atoms with E-state index in [4.69, 9.17) is 9.47 Å². The van der Waals surface area contributed by atoms with Crippen molar-refractivity contribution in [2.75, 3.05) is 14.2 Å². The minimum atomic E-state index is -0.474. The average molecular weight is 156 g/mol. The fourth-order valence-corrected chi connectivity index (χ4v) is 1.64. The number of ether oxygens (including phenoxy) is 2. The van der Waals surface area contributed by atoms with Crippen LogP contribution in [0.2, 0.25) is 0 Å². The number of rotatable bonds is 2. The molecule has 1 saturated carbocycles. The Morgan fingerprint density at radius 1 is 1.27 bits per heavy atom. The summed E-state index contributed by atoms with van der Waals surface area (Å²) in [6.07, 6.45) is 4.36. The third kappa shape index (κ3) is 1.47. The highest BCUT2D eigenvalue weighted by Crippen LogP contribution is 2.35. The predicted octanol–water partition coefficient (Wildman–Crippen LogP) is 2.11. The standard InChI is InChI=1S/C9H16O2/c1-8-6-4-5-7-9(8,10-2)11-3/h1,4-7H2,2-3H3. The van der Waals surface area contributed by atoms with E-state index >= 15 is 0 Å². The molecule has 11 heavy (non-hydrogen) atoms. The van der Waals surface area contributed by atoms with Crippen LogP contribution >= 0.6 is 0 Å². The molecule has 0 aromatic rings. The Morgan fingerprint density at radius 3 is 2.27 bits per heavy atom. The Labute approximate surface area is 68.2 Å². The van der Waals surface area contributed by atoms with Gasteiger partial charge in [0.05, 0.1) is 0 Å². The summed E-state index contributed by atoms with van der Waals surface area (Å²) >= 11 is 0. The topological polar surface area (TPSA) is 18.5 Å². The maximum atomic E-state index is 5.32. The molecule has 0 N–H and O–H groups in total. The molecule has 0 aliphatic heterocycles. The molecular weight excluding hydrogens is 140 g/mol. The van der Waals surface area contributed by atoms with Crippen LogP contribution in [0.5, 0.6) is 0 Å². The Bertz CT molecular complexity index is 148. The van der Waals surface area contributed by atoms with Crippen molar-refractivity contribution in [2.24, 2.45) is 0 Å². The lowest BCUT2D eigenvalue weighted by molar-refractivity contribution is -0.189. The molecule has 0 aromatic heterocycles. The van der Waals surface area contributed by atoms with Crippen molar-refractivity contribution in [1.29, 1.82) is 0 Å². The molecule has 0 heterocycles. The summed E-state index contributed by atoms with van der Waals surface area (Å²) in [5, 5.41) is 0. The first kappa shape index (κ1) is 8.75. The third-order valence-corrected chi connectivity index (χ3v) is 2.43. The molecule has 2 nitrogen and oxygen atoms in total.